The molecular weight excluding hydrogens is 260 g/mol. The van der Waals surface area contributed by atoms with Gasteiger partial charge in [-0.05, 0) is 43.9 Å². The van der Waals surface area contributed by atoms with Crippen molar-refractivity contribution in [2.75, 3.05) is 32.8 Å². The smallest absolute Gasteiger partial charge is 0.0593 e. The standard InChI is InChI=1S/C18H34N2O/c1-2-17-12-19-18(16-6-4-3-5-7-16)13-20(17)10-11-21-14-15-8-9-15/h15-19H,2-14H2,1H3. The Hall–Kier alpha value is -0.120. The minimum atomic E-state index is 0.717. The summed E-state index contributed by atoms with van der Waals surface area (Å²) in [4.78, 5) is 2.71. The number of hydrogen-bond donors (Lipinski definition) is 1. The van der Waals surface area contributed by atoms with Gasteiger partial charge in [-0.3, -0.25) is 4.90 Å². The van der Waals surface area contributed by atoms with Crippen molar-refractivity contribution in [1.82, 2.24) is 10.2 Å². The average Bonchev–Trinajstić information content (AvgIpc) is 3.36. The predicted molar refractivity (Wildman–Crippen MR) is 87.6 cm³/mol. The molecule has 0 bridgehead atoms. The van der Waals surface area contributed by atoms with Crippen molar-refractivity contribution in [3.05, 3.63) is 0 Å². The topological polar surface area (TPSA) is 24.5 Å². The summed E-state index contributed by atoms with van der Waals surface area (Å²) in [7, 11) is 0. The quantitative estimate of drug-likeness (QED) is 0.730. The molecule has 3 heteroatoms. The van der Waals surface area contributed by atoms with Gasteiger partial charge < -0.3 is 10.1 Å². The molecule has 1 heterocycles. The first-order valence-corrected chi connectivity index (χ1v) is 9.42. The molecule has 2 saturated carbocycles. The number of nitrogens with one attached hydrogen (secondary N) is 1. The van der Waals surface area contributed by atoms with E-state index in [9.17, 15) is 0 Å². The summed E-state index contributed by atoms with van der Waals surface area (Å²) in [5.41, 5.74) is 0. The largest absolute Gasteiger partial charge is 0.380 e. The lowest BCUT2D eigenvalue weighted by molar-refractivity contribution is 0.0478. The highest BCUT2D eigenvalue weighted by atomic mass is 16.5. The van der Waals surface area contributed by atoms with Gasteiger partial charge in [0.05, 0.1) is 6.61 Å². The van der Waals surface area contributed by atoms with Crippen LogP contribution >= 0.6 is 0 Å². The molecule has 0 spiro atoms. The molecule has 3 aliphatic rings. The lowest BCUT2D eigenvalue weighted by atomic mass is 9.82. The molecule has 1 N–H and O–H groups in total. The summed E-state index contributed by atoms with van der Waals surface area (Å²) in [6, 6.07) is 1.45. The van der Waals surface area contributed by atoms with Crippen molar-refractivity contribution in [3.8, 4) is 0 Å². The number of piperazine rings is 1. The Morgan fingerprint density at radius 1 is 1.10 bits per heavy atom. The van der Waals surface area contributed by atoms with E-state index in [2.05, 4.69) is 17.1 Å². The first-order chi connectivity index (χ1) is 10.4. The lowest BCUT2D eigenvalue weighted by Crippen LogP contribution is -2.59. The van der Waals surface area contributed by atoms with Crippen LogP contribution in [0.5, 0.6) is 0 Å². The fraction of sp³-hybridized carbons (Fsp3) is 1.00. The molecule has 1 saturated heterocycles. The molecule has 2 unspecified atom stereocenters. The van der Waals surface area contributed by atoms with Gasteiger partial charge in [-0.2, -0.15) is 0 Å². The monoisotopic (exact) mass is 294 g/mol. The van der Waals surface area contributed by atoms with Gasteiger partial charge in [0, 0.05) is 38.3 Å². The van der Waals surface area contributed by atoms with E-state index in [4.69, 9.17) is 4.74 Å². The van der Waals surface area contributed by atoms with Crippen molar-refractivity contribution in [1.29, 1.82) is 0 Å². The van der Waals surface area contributed by atoms with Crippen molar-refractivity contribution in [2.45, 2.75) is 70.4 Å². The zero-order valence-electron chi connectivity index (χ0n) is 13.9. The van der Waals surface area contributed by atoms with Gasteiger partial charge in [0.15, 0.2) is 0 Å². The second-order valence-electron chi connectivity index (χ2n) is 7.49. The maximum atomic E-state index is 5.87. The molecule has 3 rings (SSSR count). The van der Waals surface area contributed by atoms with Gasteiger partial charge in [-0.1, -0.05) is 26.2 Å². The zero-order valence-corrected chi connectivity index (χ0v) is 13.9. The Kier molecular flexibility index (Phi) is 5.96. The van der Waals surface area contributed by atoms with E-state index in [-0.39, 0.29) is 0 Å². The highest BCUT2D eigenvalue weighted by molar-refractivity contribution is 4.90. The summed E-state index contributed by atoms with van der Waals surface area (Å²) >= 11 is 0. The summed E-state index contributed by atoms with van der Waals surface area (Å²) in [6.07, 6.45) is 11.3. The van der Waals surface area contributed by atoms with E-state index < -0.39 is 0 Å². The normalized spacial score (nSPS) is 32.4. The first kappa shape index (κ1) is 15.8. The van der Waals surface area contributed by atoms with Crippen LogP contribution in [0, 0.1) is 11.8 Å². The lowest BCUT2D eigenvalue weighted by Gasteiger charge is -2.43. The molecule has 0 aromatic carbocycles. The van der Waals surface area contributed by atoms with Crippen LogP contribution in [-0.2, 0) is 4.74 Å². The Bertz CT molecular complexity index is 300. The van der Waals surface area contributed by atoms with Crippen LogP contribution in [0.4, 0.5) is 0 Å². The van der Waals surface area contributed by atoms with Crippen LogP contribution < -0.4 is 5.32 Å². The third kappa shape index (κ3) is 4.67. The van der Waals surface area contributed by atoms with Crippen molar-refractivity contribution in [2.24, 2.45) is 11.8 Å². The van der Waals surface area contributed by atoms with E-state index in [0.717, 1.165) is 43.7 Å². The van der Waals surface area contributed by atoms with Gasteiger partial charge in [0.1, 0.15) is 0 Å². The maximum Gasteiger partial charge on any atom is 0.0593 e. The molecule has 1 aliphatic heterocycles. The zero-order chi connectivity index (χ0) is 14.5. The molecule has 2 atom stereocenters. The van der Waals surface area contributed by atoms with Crippen LogP contribution in [0.25, 0.3) is 0 Å². The Balaban J connectivity index is 1.43. The summed E-state index contributed by atoms with van der Waals surface area (Å²) in [5.74, 6) is 1.82. The van der Waals surface area contributed by atoms with E-state index >= 15 is 0 Å². The van der Waals surface area contributed by atoms with Gasteiger partial charge in [-0.15, -0.1) is 0 Å². The highest BCUT2D eigenvalue weighted by Gasteiger charge is 2.32. The average molecular weight is 294 g/mol. The molecule has 21 heavy (non-hydrogen) atoms. The Labute approximate surface area is 130 Å². The van der Waals surface area contributed by atoms with Crippen LogP contribution in [0.1, 0.15) is 58.3 Å². The van der Waals surface area contributed by atoms with Crippen molar-refractivity contribution >= 4 is 0 Å². The molecule has 122 valence electrons. The molecule has 3 fully saturated rings. The van der Waals surface area contributed by atoms with E-state index in [1.807, 2.05) is 0 Å². The first-order valence-electron chi connectivity index (χ1n) is 9.42. The van der Waals surface area contributed by atoms with E-state index in [1.165, 1.54) is 64.5 Å². The third-order valence-corrected chi connectivity index (χ3v) is 5.83. The second-order valence-corrected chi connectivity index (χ2v) is 7.49. The summed E-state index contributed by atoms with van der Waals surface area (Å²) in [6.45, 7) is 7.83. The highest BCUT2D eigenvalue weighted by Crippen LogP contribution is 2.29. The number of hydrogen-bond acceptors (Lipinski definition) is 3. The van der Waals surface area contributed by atoms with Crippen molar-refractivity contribution < 1.29 is 4.74 Å². The third-order valence-electron chi connectivity index (χ3n) is 5.83. The Morgan fingerprint density at radius 3 is 2.62 bits per heavy atom. The maximum absolute atomic E-state index is 5.87. The molecule has 0 radical (unpaired) electrons. The molecule has 0 amide bonds. The van der Waals surface area contributed by atoms with Crippen LogP contribution in [0.3, 0.4) is 0 Å². The molecular formula is C18H34N2O. The van der Waals surface area contributed by atoms with E-state index in [1.54, 1.807) is 0 Å². The number of rotatable bonds is 7. The SMILES string of the molecule is CCC1CNC(C2CCCCC2)CN1CCOCC1CC1. The van der Waals surface area contributed by atoms with Crippen molar-refractivity contribution in [3.63, 3.8) is 0 Å². The van der Waals surface area contributed by atoms with Gasteiger partial charge in [0.2, 0.25) is 0 Å². The number of ether oxygens (including phenoxy) is 1. The second kappa shape index (κ2) is 7.94. The predicted octanol–water partition coefficient (Wildman–Crippen LogP) is 3.05. The van der Waals surface area contributed by atoms with Gasteiger partial charge >= 0.3 is 0 Å². The van der Waals surface area contributed by atoms with E-state index in [0.29, 0.717) is 0 Å². The molecule has 3 nitrogen and oxygen atoms in total. The fourth-order valence-electron chi connectivity index (χ4n) is 4.13. The molecule has 0 aromatic heterocycles. The summed E-state index contributed by atoms with van der Waals surface area (Å²) in [5, 5.41) is 3.86. The van der Waals surface area contributed by atoms with Gasteiger partial charge in [-0.25, -0.2) is 0 Å². The fourth-order valence-corrected chi connectivity index (χ4v) is 4.13. The minimum Gasteiger partial charge on any atom is -0.380 e. The van der Waals surface area contributed by atoms with Crippen LogP contribution in [-0.4, -0.2) is 49.8 Å². The minimum absolute atomic E-state index is 0.717. The van der Waals surface area contributed by atoms with Crippen LogP contribution in [0.15, 0.2) is 0 Å². The van der Waals surface area contributed by atoms with Crippen LogP contribution in [0.2, 0.25) is 0 Å². The van der Waals surface area contributed by atoms with Gasteiger partial charge in [0.25, 0.3) is 0 Å². The Morgan fingerprint density at radius 2 is 1.90 bits per heavy atom. The molecule has 2 aliphatic carbocycles. The summed E-state index contributed by atoms with van der Waals surface area (Å²) < 4.78 is 5.87. The molecule has 0 aromatic rings. The number of nitrogens with zero attached hydrogens (tertiary/aromatic N) is 1.